The molecule has 1 amide bonds. The van der Waals surface area contributed by atoms with Crippen LogP contribution < -0.4 is 5.32 Å². The van der Waals surface area contributed by atoms with E-state index in [0.717, 1.165) is 0 Å². The first-order valence-corrected chi connectivity index (χ1v) is 10.9. The van der Waals surface area contributed by atoms with Gasteiger partial charge in [-0.3, -0.25) is 4.79 Å². The van der Waals surface area contributed by atoms with Crippen LogP contribution in [0.3, 0.4) is 0 Å². The first-order chi connectivity index (χ1) is 10.8. The minimum atomic E-state index is -1.99. The Kier molecular flexibility index (Phi) is 5.68. The molecule has 1 saturated heterocycles. The summed E-state index contributed by atoms with van der Waals surface area (Å²) in [6.45, 7) is 13.8. The zero-order valence-electron chi connectivity index (χ0n) is 15.3. The van der Waals surface area contributed by atoms with Gasteiger partial charge in [-0.25, -0.2) is 0 Å². The standard InChI is InChI=1S/C19H31NO2Si/c1-13(2)23(14(3)4,15(5)6)22-19(17-12-18(21)20-17)16-10-8-7-9-11-16/h7-11,13-15,17,19H,12H2,1-6H3,(H,20,21)/t17-,19-/m0/s1. The van der Waals surface area contributed by atoms with E-state index in [2.05, 4.69) is 71.1 Å². The first kappa shape index (κ1) is 18.2. The molecule has 0 radical (unpaired) electrons. The third-order valence-electron chi connectivity index (χ3n) is 5.28. The van der Waals surface area contributed by atoms with E-state index in [0.29, 0.717) is 23.0 Å². The number of benzene rings is 1. The van der Waals surface area contributed by atoms with Crippen LogP contribution >= 0.6 is 0 Å². The second kappa shape index (κ2) is 7.18. The lowest BCUT2D eigenvalue weighted by atomic mass is 9.94. The van der Waals surface area contributed by atoms with Crippen LogP contribution in [0, 0.1) is 0 Å². The van der Waals surface area contributed by atoms with E-state index < -0.39 is 8.32 Å². The van der Waals surface area contributed by atoms with Gasteiger partial charge in [0.1, 0.15) is 0 Å². The molecule has 1 aliphatic heterocycles. The van der Waals surface area contributed by atoms with Gasteiger partial charge in [0, 0.05) is 6.42 Å². The lowest BCUT2D eigenvalue weighted by molar-refractivity contribution is -0.130. The van der Waals surface area contributed by atoms with Crippen molar-refractivity contribution in [3.63, 3.8) is 0 Å². The lowest BCUT2D eigenvalue weighted by Crippen LogP contribution is -2.57. The molecule has 0 unspecified atom stereocenters. The minimum Gasteiger partial charge on any atom is -0.407 e. The highest BCUT2D eigenvalue weighted by Crippen LogP contribution is 2.46. The summed E-state index contributed by atoms with van der Waals surface area (Å²) < 4.78 is 6.98. The van der Waals surface area contributed by atoms with Crippen LogP contribution in [0.1, 0.15) is 59.6 Å². The number of hydrogen-bond donors (Lipinski definition) is 1. The van der Waals surface area contributed by atoms with Crippen molar-refractivity contribution < 1.29 is 9.22 Å². The zero-order valence-corrected chi connectivity index (χ0v) is 16.3. The van der Waals surface area contributed by atoms with Crippen molar-refractivity contribution >= 4 is 14.2 Å². The number of hydrogen-bond acceptors (Lipinski definition) is 2. The van der Waals surface area contributed by atoms with Gasteiger partial charge in [-0.2, -0.15) is 0 Å². The molecule has 1 aliphatic rings. The van der Waals surface area contributed by atoms with Crippen molar-refractivity contribution in [2.24, 2.45) is 0 Å². The van der Waals surface area contributed by atoms with Gasteiger partial charge in [-0.05, 0) is 22.2 Å². The molecule has 1 aromatic carbocycles. The van der Waals surface area contributed by atoms with Crippen molar-refractivity contribution in [1.82, 2.24) is 5.32 Å². The topological polar surface area (TPSA) is 38.3 Å². The molecule has 2 rings (SSSR count). The third-order valence-corrected chi connectivity index (χ3v) is 11.4. The van der Waals surface area contributed by atoms with E-state index in [4.69, 9.17) is 4.43 Å². The quantitative estimate of drug-likeness (QED) is 0.574. The monoisotopic (exact) mass is 333 g/mol. The fourth-order valence-electron chi connectivity index (χ4n) is 4.22. The van der Waals surface area contributed by atoms with Crippen molar-refractivity contribution in [3.8, 4) is 0 Å². The molecule has 23 heavy (non-hydrogen) atoms. The molecule has 128 valence electrons. The summed E-state index contributed by atoms with van der Waals surface area (Å²) >= 11 is 0. The highest BCUT2D eigenvalue weighted by atomic mass is 28.4. The molecular weight excluding hydrogens is 302 g/mol. The van der Waals surface area contributed by atoms with Gasteiger partial charge in [0.15, 0.2) is 0 Å². The smallest absolute Gasteiger partial charge is 0.222 e. The molecule has 0 aliphatic carbocycles. The van der Waals surface area contributed by atoms with Gasteiger partial charge in [0.25, 0.3) is 0 Å². The largest absolute Gasteiger partial charge is 0.407 e. The molecule has 1 fully saturated rings. The van der Waals surface area contributed by atoms with Gasteiger partial charge in [0.05, 0.1) is 12.1 Å². The minimum absolute atomic E-state index is 0.0345. The molecule has 2 atom stereocenters. The highest BCUT2D eigenvalue weighted by Gasteiger charge is 2.49. The Labute approximate surface area is 141 Å². The van der Waals surface area contributed by atoms with E-state index in [-0.39, 0.29) is 18.1 Å². The Hall–Kier alpha value is -1.13. The molecule has 3 nitrogen and oxygen atoms in total. The van der Waals surface area contributed by atoms with Gasteiger partial charge < -0.3 is 9.74 Å². The van der Waals surface area contributed by atoms with E-state index >= 15 is 0 Å². The zero-order chi connectivity index (χ0) is 17.2. The van der Waals surface area contributed by atoms with Crippen molar-refractivity contribution in [1.29, 1.82) is 0 Å². The number of carbonyl (C=O) groups is 1. The van der Waals surface area contributed by atoms with Crippen LogP contribution in [-0.2, 0) is 9.22 Å². The lowest BCUT2D eigenvalue weighted by Gasteiger charge is -2.47. The molecule has 1 N–H and O–H groups in total. The number of carbonyl (C=O) groups excluding carboxylic acids is 1. The Morgan fingerprint density at radius 3 is 1.87 bits per heavy atom. The molecule has 0 saturated carbocycles. The molecule has 0 aromatic heterocycles. The predicted molar refractivity (Wildman–Crippen MR) is 97.9 cm³/mol. The molecule has 0 spiro atoms. The maximum atomic E-state index is 11.5. The van der Waals surface area contributed by atoms with Crippen LogP contribution in [0.4, 0.5) is 0 Å². The van der Waals surface area contributed by atoms with Crippen molar-refractivity contribution in [2.75, 3.05) is 0 Å². The average molecular weight is 334 g/mol. The fourth-order valence-corrected chi connectivity index (χ4v) is 9.78. The van der Waals surface area contributed by atoms with Gasteiger partial charge in [0.2, 0.25) is 14.2 Å². The van der Waals surface area contributed by atoms with Gasteiger partial charge in [-0.15, -0.1) is 0 Å². The summed E-state index contributed by atoms with van der Waals surface area (Å²) in [5.74, 6) is 0.130. The van der Waals surface area contributed by atoms with E-state index in [1.54, 1.807) is 0 Å². The molecule has 0 bridgehead atoms. The fraction of sp³-hybridized carbons (Fsp3) is 0.632. The Bertz CT molecular complexity index is 498. The second-order valence-corrected chi connectivity index (χ2v) is 13.1. The number of rotatable bonds is 7. The number of amides is 1. The number of nitrogens with one attached hydrogen (secondary N) is 1. The van der Waals surface area contributed by atoms with Gasteiger partial charge in [-0.1, -0.05) is 71.9 Å². The number of β-lactam (4-membered cyclic amide) rings is 1. The summed E-state index contributed by atoms with van der Waals surface area (Å²) in [5.41, 5.74) is 2.77. The molecular formula is C19H31NO2Si. The van der Waals surface area contributed by atoms with Crippen molar-refractivity contribution in [2.45, 2.75) is 76.7 Å². The highest BCUT2D eigenvalue weighted by molar-refractivity contribution is 6.77. The summed E-state index contributed by atoms with van der Waals surface area (Å²) in [6.07, 6.45) is 0.533. The van der Waals surface area contributed by atoms with E-state index in [1.165, 1.54) is 5.56 Å². The van der Waals surface area contributed by atoms with Crippen LogP contribution in [0.15, 0.2) is 30.3 Å². The second-order valence-electron chi connectivity index (χ2n) is 7.64. The Morgan fingerprint density at radius 2 is 1.48 bits per heavy atom. The molecule has 4 heteroatoms. The summed E-state index contributed by atoms with van der Waals surface area (Å²) in [5, 5.41) is 3.04. The maximum absolute atomic E-state index is 11.5. The van der Waals surface area contributed by atoms with Gasteiger partial charge >= 0.3 is 0 Å². The Morgan fingerprint density at radius 1 is 1.00 bits per heavy atom. The third kappa shape index (κ3) is 3.53. The van der Waals surface area contributed by atoms with Crippen LogP contribution in [-0.4, -0.2) is 20.3 Å². The van der Waals surface area contributed by atoms with E-state index in [9.17, 15) is 4.79 Å². The summed E-state index contributed by atoms with van der Waals surface area (Å²) in [4.78, 5) is 11.5. The SMILES string of the molecule is CC(C)[Si](O[C@@H](c1ccccc1)[C@@H]1CC(=O)N1)(C(C)C)C(C)C. The Balaban J connectivity index is 2.36. The molecule has 1 heterocycles. The summed E-state index contributed by atoms with van der Waals surface area (Å²) in [6, 6.07) is 10.5. The first-order valence-electron chi connectivity index (χ1n) is 8.81. The summed E-state index contributed by atoms with van der Waals surface area (Å²) in [7, 11) is -1.99. The maximum Gasteiger partial charge on any atom is 0.222 e. The van der Waals surface area contributed by atoms with Crippen LogP contribution in [0.25, 0.3) is 0 Å². The normalized spacial score (nSPS) is 19.9. The van der Waals surface area contributed by atoms with E-state index in [1.807, 2.05) is 6.07 Å². The van der Waals surface area contributed by atoms with Crippen molar-refractivity contribution in [3.05, 3.63) is 35.9 Å². The van der Waals surface area contributed by atoms with Crippen LogP contribution in [0.5, 0.6) is 0 Å². The molecule has 1 aromatic rings. The predicted octanol–water partition coefficient (Wildman–Crippen LogP) is 4.81. The van der Waals surface area contributed by atoms with Crippen LogP contribution in [0.2, 0.25) is 16.6 Å². The average Bonchev–Trinajstić information content (AvgIpc) is 2.45.